The topological polar surface area (TPSA) is 43.9 Å². The zero-order valence-corrected chi connectivity index (χ0v) is 19.3. The summed E-state index contributed by atoms with van der Waals surface area (Å²) in [6, 6.07) is 11.4. The van der Waals surface area contributed by atoms with Gasteiger partial charge in [0.25, 0.3) is 11.8 Å². The first-order valence-corrected chi connectivity index (χ1v) is 11.4. The molecule has 2 saturated heterocycles. The molecular formula is C23H20F3N3O2S2. The molecule has 0 unspecified atom stereocenters. The fourth-order valence-corrected chi connectivity index (χ4v) is 4.88. The van der Waals surface area contributed by atoms with Gasteiger partial charge in [0.1, 0.15) is 0 Å². The van der Waals surface area contributed by atoms with E-state index in [4.69, 9.17) is 12.2 Å². The number of halogens is 3. The lowest BCUT2D eigenvalue weighted by atomic mass is 10.1. The van der Waals surface area contributed by atoms with Crippen LogP contribution in [-0.4, -0.2) is 59.2 Å². The SMILES string of the molecule is CN1CCN(C(=O)c2ccc(/C=C3\SC(=S)N(c4cccc(C(F)(F)F)c4)C3=O)cc2)CC1. The number of carbonyl (C=O) groups is 2. The number of amides is 2. The van der Waals surface area contributed by atoms with Gasteiger partial charge in [-0.3, -0.25) is 14.5 Å². The Bertz CT molecular complexity index is 1120. The molecule has 0 saturated carbocycles. The summed E-state index contributed by atoms with van der Waals surface area (Å²) in [5.41, 5.74) is 0.477. The van der Waals surface area contributed by atoms with Crippen LogP contribution in [0.5, 0.6) is 0 Å². The van der Waals surface area contributed by atoms with Crippen molar-refractivity contribution >= 4 is 51.9 Å². The number of alkyl halides is 3. The largest absolute Gasteiger partial charge is 0.416 e. The maximum absolute atomic E-state index is 13.1. The summed E-state index contributed by atoms with van der Waals surface area (Å²) in [5.74, 6) is -0.521. The molecule has 0 atom stereocenters. The minimum atomic E-state index is -4.52. The molecule has 2 amide bonds. The second-order valence-corrected chi connectivity index (χ2v) is 9.46. The van der Waals surface area contributed by atoms with Gasteiger partial charge in [-0.15, -0.1) is 0 Å². The number of nitrogens with zero attached hydrogens (tertiary/aromatic N) is 3. The quantitative estimate of drug-likeness (QED) is 0.467. The standard InChI is InChI=1S/C23H20F3N3O2S2/c1-27-9-11-28(12-10-27)20(30)16-7-5-15(6-8-16)13-19-21(31)29(22(32)33-19)18-4-2-3-17(14-18)23(24,25)26/h2-8,13-14H,9-12H2,1H3/b19-13-. The predicted molar refractivity (Wildman–Crippen MR) is 127 cm³/mol. The van der Waals surface area contributed by atoms with Crippen LogP contribution < -0.4 is 4.90 Å². The predicted octanol–water partition coefficient (Wildman–Crippen LogP) is 4.50. The molecule has 0 aromatic heterocycles. The highest BCUT2D eigenvalue weighted by atomic mass is 32.2. The van der Waals surface area contributed by atoms with Crippen molar-refractivity contribution in [3.05, 3.63) is 70.1 Å². The second kappa shape index (κ2) is 9.28. The van der Waals surface area contributed by atoms with Crippen molar-refractivity contribution in [2.24, 2.45) is 0 Å². The van der Waals surface area contributed by atoms with Crippen molar-refractivity contribution in [3.8, 4) is 0 Å². The van der Waals surface area contributed by atoms with E-state index in [1.165, 1.54) is 12.1 Å². The highest BCUT2D eigenvalue weighted by molar-refractivity contribution is 8.27. The second-order valence-electron chi connectivity index (χ2n) is 7.78. The third kappa shape index (κ3) is 5.13. The van der Waals surface area contributed by atoms with Crippen molar-refractivity contribution in [1.82, 2.24) is 9.80 Å². The minimum Gasteiger partial charge on any atom is -0.336 e. The lowest BCUT2D eigenvalue weighted by Crippen LogP contribution is -2.47. The molecule has 5 nitrogen and oxygen atoms in total. The van der Waals surface area contributed by atoms with Crippen molar-refractivity contribution in [2.45, 2.75) is 6.18 Å². The molecule has 172 valence electrons. The molecular weight excluding hydrogens is 471 g/mol. The lowest BCUT2D eigenvalue weighted by molar-refractivity contribution is -0.137. The van der Waals surface area contributed by atoms with Crippen molar-refractivity contribution in [3.63, 3.8) is 0 Å². The van der Waals surface area contributed by atoms with Crippen LogP contribution in [0, 0.1) is 0 Å². The van der Waals surface area contributed by atoms with E-state index in [1.807, 2.05) is 11.9 Å². The Morgan fingerprint density at radius 2 is 1.73 bits per heavy atom. The number of thioether (sulfide) groups is 1. The normalized spacial score (nSPS) is 19.0. The van der Waals surface area contributed by atoms with E-state index in [0.29, 0.717) is 29.1 Å². The van der Waals surface area contributed by atoms with Gasteiger partial charge in [0, 0.05) is 31.7 Å². The van der Waals surface area contributed by atoms with Gasteiger partial charge >= 0.3 is 6.18 Å². The van der Waals surface area contributed by atoms with E-state index >= 15 is 0 Å². The Balaban J connectivity index is 1.50. The number of benzene rings is 2. The summed E-state index contributed by atoms with van der Waals surface area (Å²) in [7, 11) is 2.02. The van der Waals surface area contributed by atoms with Crippen LogP contribution >= 0.6 is 24.0 Å². The third-order valence-electron chi connectivity index (χ3n) is 5.47. The van der Waals surface area contributed by atoms with Gasteiger partial charge in [0.05, 0.1) is 16.2 Å². The molecule has 2 aliphatic rings. The first kappa shape index (κ1) is 23.5. The van der Waals surface area contributed by atoms with Crippen LogP contribution in [-0.2, 0) is 11.0 Å². The average molecular weight is 492 g/mol. The van der Waals surface area contributed by atoms with Crippen molar-refractivity contribution in [2.75, 3.05) is 38.1 Å². The molecule has 4 rings (SSSR count). The van der Waals surface area contributed by atoms with Gasteiger partial charge in [-0.05, 0) is 49.0 Å². The number of hydrogen-bond acceptors (Lipinski definition) is 5. The summed E-state index contributed by atoms with van der Waals surface area (Å²) >= 11 is 6.28. The third-order valence-corrected chi connectivity index (χ3v) is 6.77. The summed E-state index contributed by atoms with van der Waals surface area (Å²) in [6.07, 6.45) is -2.90. The number of piperazine rings is 1. The molecule has 2 heterocycles. The number of anilines is 1. The van der Waals surface area contributed by atoms with E-state index in [0.717, 1.165) is 41.9 Å². The first-order chi connectivity index (χ1) is 15.6. The summed E-state index contributed by atoms with van der Waals surface area (Å²) in [5, 5.41) is 0. The van der Waals surface area contributed by atoms with Crippen LogP contribution in [0.2, 0.25) is 0 Å². The molecule has 2 aromatic carbocycles. The van der Waals surface area contributed by atoms with Crippen LogP contribution in [0.3, 0.4) is 0 Å². The summed E-state index contributed by atoms with van der Waals surface area (Å²) in [6.45, 7) is 3.01. The molecule has 0 bridgehead atoms. The lowest BCUT2D eigenvalue weighted by Gasteiger charge is -2.32. The molecule has 0 spiro atoms. The number of hydrogen-bond donors (Lipinski definition) is 0. The minimum absolute atomic E-state index is 0.0366. The zero-order valence-electron chi connectivity index (χ0n) is 17.6. The average Bonchev–Trinajstić information content (AvgIpc) is 3.06. The van der Waals surface area contributed by atoms with Gasteiger partial charge in [0.15, 0.2) is 4.32 Å². The molecule has 2 aliphatic heterocycles. The van der Waals surface area contributed by atoms with E-state index in [1.54, 1.807) is 30.3 Å². The monoisotopic (exact) mass is 491 g/mol. The number of thiocarbonyl (C=S) groups is 1. The molecule has 0 radical (unpaired) electrons. The van der Waals surface area contributed by atoms with E-state index in [-0.39, 0.29) is 15.9 Å². The van der Waals surface area contributed by atoms with Crippen LogP contribution in [0.4, 0.5) is 18.9 Å². The summed E-state index contributed by atoms with van der Waals surface area (Å²) < 4.78 is 39.3. The number of carbonyl (C=O) groups excluding carboxylic acids is 2. The number of likely N-dealkylation sites (N-methyl/N-ethyl adjacent to an activating group) is 1. The fraction of sp³-hybridized carbons (Fsp3) is 0.261. The molecule has 0 N–H and O–H groups in total. The smallest absolute Gasteiger partial charge is 0.336 e. The Morgan fingerprint density at radius 3 is 2.36 bits per heavy atom. The van der Waals surface area contributed by atoms with Gasteiger partial charge in [0.2, 0.25) is 0 Å². The van der Waals surface area contributed by atoms with Gasteiger partial charge in [-0.1, -0.05) is 42.2 Å². The Labute approximate surface area is 198 Å². The van der Waals surface area contributed by atoms with Crippen LogP contribution in [0.25, 0.3) is 6.08 Å². The fourth-order valence-electron chi connectivity index (χ4n) is 3.58. The molecule has 2 fully saturated rings. The molecule has 33 heavy (non-hydrogen) atoms. The van der Waals surface area contributed by atoms with E-state index in [2.05, 4.69) is 4.90 Å². The Hall–Kier alpha value is -2.69. The van der Waals surface area contributed by atoms with Crippen LogP contribution in [0.15, 0.2) is 53.4 Å². The van der Waals surface area contributed by atoms with E-state index < -0.39 is 17.6 Å². The zero-order chi connectivity index (χ0) is 23.8. The van der Waals surface area contributed by atoms with Gasteiger partial charge in [-0.25, -0.2) is 0 Å². The molecule has 10 heteroatoms. The summed E-state index contributed by atoms with van der Waals surface area (Å²) in [4.78, 5) is 31.0. The van der Waals surface area contributed by atoms with Crippen molar-refractivity contribution in [1.29, 1.82) is 0 Å². The first-order valence-electron chi connectivity index (χ1n) is 10.2. The Kier molecular flexibility index (Phi) is 6.60. The van der Waals surface area contributed by atoms with Gasteiger partial charge < -0.3 is 9.80 Å². The van der Waals surface area contributed by atoms with E-state index in [9.17, 15) is 22.8 Å². The van der Waals surface area contributed by atoms with Gasteiger partial charge in [-0.2, -0.15) is 13.2 Å². The number of rotatable bonds is 3. The van der Waals surface area contributed by atoms with Crippen LogP contribution in [0.1, 0.15) is 21.5 Å². The van der Waals surface area contributed by atoms with Crippen molar-refractivity contribution < 1.29 is 22.8 Å². The molecule has 0 aliphatic carbocycles. The Morgan fingerprint density at radius 1 is 1.06 bits per heavy atom. The maximum atomic E-state index is 13.1. The maximum Gasteiger partial charge on any atom is 0.416 e. The highest BCUT2D eigenvalue weighted by Crippen LogP contribution is 2.38. The highest BCUT2D eigenvalue weighted by Gasteiger charge is 2.36. The molecule has 2 aromatic rings.